The van der Waals surface area contributed by atoms with Crippen molar-refractivity contribution in [3.05, 3.63) is 212 Å². The Morgan fingerprint density at radius 2 is 0.759 bits per heavy atom. The van der Waals surface area contributed by atoms with Crippen LogP contribution in [0.3, 0.4) is 0 Å². The van der Waals surface area contributed by atoms with Crippen molar-refractivity contribution in [2.45, 2.75) is 0 Å². The summed E-state index contributed by atoms with van der Waals surface area (Å²) in [7, 11) is 0. The molecule has 0 unspecified atom stereocenters. The Kier molecular flexibility index (Phi) is 7.85. The Bertz CT molecular complexity index is 2920. The van der Waals surface area contributed by atoms with E-state index in [0.29, 0.717) is 0 Å². The van der Waals surface area contributed by atoms with Gasteiger partial charge in [0.15, 0.2) is 0 Å². The van der Waals surface area contributed by atoms with E-state index < -0.39 is 0 Å². The van der Waals surface area contributed by atoms with Crippen LogP contribution in [-0.2, 0) is 0 Å². The van der Waals surface area contributed by atoms with Crippen molar-refractivity contribution >= 4 is 49.8 Å². The summed E-state index contributed by atoms with van der Waals surface area (Å²) in [5.41, 5.74) is 14.3. The predicted octanol–water partition coefficient (Wildman–Crippen LogP) is 14.9. The van der Waals surface area contributed by atoms with Crippen LogP contribution in [0.1, 0.15) is 0 Å². The van der Waals surface area contributed by atoms with Gasteiger partial charge < -0.3 is 9.32 Å². The lowest BCUT2D eigenvalue weighted by Gasteiger charge is -2.30. The largest absolute Gasteiger partial charge is 0.455 e. The van der Waals surface area contributed by atoms with Gasteiger partial charge in [-0.2, -0.15) is 0 Å². The smallest absolute Gasteiger partial charge is 0.143 e. The van der Waals surface area contributed by atoms with E-state index in [4.69, 9.17) is 4.42 Å². The third-order valence-electron chi connectivity index (χ3n) is 10.5. The van der Waals surface area contributed by atoms with Gasteiger partial charge in [0, 0.05) is 33.2 Å². The van der Waals surface area contributed by atoms with Crippen molar-refractivity contribution in [1.29, 1.82) is 0 Å². The Morgan fingerprint density at radius 3 is 1.48 bits per heavy atom. The minimum atomic E-state index is 0.891. The summed E-state index contributed by atoms with van der Waals surface area (Å²) in [6, 6.07) is 75.8. The third kappa shape index (κ3) is 5.53. The zero-order valence-corrected chi connectivity index (χ0v) is 29.6. The fraction of sp³-hybridized carbons (Fsp3) is 0. The molecule has 0 atom stereocenters. The van der Waals surface area contributed by atoms with Crippen LogP contribution in [0.5, 0.6) is 0 Å². The predicted molar refractivity (Wildman–Crippen MR) is 228 cm³/mol. The van der Waals surface area contributed by atoms with Crippen molar-refractivity contribution in [3.8, 4) is 44.5 Å². The van der Waals surface area contributed by atoms with E-state index in [-0.39, 0.29) is 0 Å². The Morgan fingerprint density at radius 1 is 0.296 bits per heavy atom. The maximum Gasteiger partial charge on any atom is 0.143 e. The van der Waals surface area contributed by atoms with E-state index >= 15 is 0 Å². The summed E-state index contributed by atoms with van der Waals surface area (Å²) in [6.07, 6.45) is 0. The van der Waals surface area contributed by atoms with Gasteiger partial charge in [-0.05, 0) is 68.9 Å². The number of nitrogens with zero attached hydrogens (tertiary/aromatic N) is 1. The fourth-order valence-corrected chi connectivity index (χ4v) is 7.91. The van der Waals surface area contributed by atoms with E-state index in [1.54, 1.807) is 0 Å². The van der Waals surface area contributed by atoms with Gasteiger partial charge >= 0.3 is 0 Å². The van der Waals surface area contributed by atoms with Crippen LogP contribution < -0.4 is 4.90 Å². The average Bonchev–Trinajstić information content (AvgIpc) is 3.64. The van der Waals surface area contributed by atoms with Crippen molar-refractivity contribution in [1.82, 2.24) is 0 Å². The summed E-state index contributed by atoms with van der Waals surface area (Å²) in [5.74, 6) is 0. The highest BCUT2D eigenvalue weighted by Gasteiger charge is 2.23. The highest BCUT2D eigenvalue weighted by atomic mass is 16.3. The van der Waals surface area contributed by atoms with Crippen molar-refractivity contribution < 1.29 is 4.42 Å². The molecule has 0 spiro atoms. The first-order chi connectivity index (χ1) is 26.8. The number of furan rings is 1. The Hall–Kier alpha value is -7.16. The first-order valence-electron chi connectivity index (χ1n) is 18.4. The first-order valence-corrected chi connectivity index (χ1v) is 18.4. The molecule has 0 aliphatic rings. The number of hydrogen-bond acceptors (Lipinski definition) is 2. The van der Waals surface area contributed by atoms with Gasteiger partial charge in [0.1, 0.15) is 11.2 Å². The highest BCUT2D eigenvalue weighted by molar-refractivity contribution is 6.11. The molecule has 0 amide bonds. The monoisotopic (exact) mass is 689 g/mol. The minimum Gasteiger partial charge on any atom is -0.455 e. The second kappa shape index (κ2) is 13.4. The second-order valence-corrected chi connectivity index (χ2v) is 13.7. The van der Waals surface area contributed by atoms with E-state index in [9.17, 15) is 0 Å². The normalized spacial score (nSPS) is 11.3. The molecule has 0 radical (unpaired) electrons. The molecule has 2 heteroatoms. The van der Waals surface area contributed by atoms with E-state index in [1.807, 2.05) is 6.07 Å². The summed E-state index contributed by atoms with van der Waals surface area (Å²) in [6.45, 7) is 0. The van der Waals surface area contributed by atoms with Crippen molar-refractivity contribution in [3.63, 3.8) is 0 Å². The van der Waals surface area contributed by atoms with Crippen LogP contribution in [0.15, 0.2) is 217 Å². The Labute approximate surface area is 314 Å². The van der Waals surface area contributed by atoms with Crippen LogP contribution >= 0.6 is 0 Å². The zero-order chi connectivity index (χ0) is 35.8. The summed E-state index contributed by atoms with van der Waals surface area (Å²) in [5, 5.41) is 4.68. The molecule has 9 aromatic carbocycles. The number of hydrogen-bond donors (Lipinski definition) is 0. The minimum absolute atomic E-state index is 0.891. The van der Waals surface area contributed by atoms with Gasteiger partial charge in [-0.15, -0.1) is 0 Å². The number of rotatable bonds is 7. The summed E-state index contributed by atoms with van der Waals surface area (Å²) in [4.78, 5) is 2.41. The molecule has 1 aromatic heterocycles. The maximum atomic E-state index is 6.61. The number of benzene rings is 9. The SMILES string of the molecule is c1ccc(-c2ccc(-c3ccc(N(c4ccccc4-c4cccc5ccccc45)c4ccccc4-c4cccc5c4oc4ccccc45)cc3)cc2)cc1. The van der Waals surface area contributed by atoms with E-state index in [2.05, 4.69) is 211 Å². The van der Waals surface area contributed by atoms with Gasteiger partial charge in [-0.3, -0.25) is 0 Å². The highest BCUT2D eigenvalue weighted by Crippen LogP contribution is 2.47. The maximum absolute atomic E-state index is 6.61. The molecular weight excluding hydrogens is 655 g/mol. The third-order valence-corrected chi connectivity index (χ3v) is 10.5. The number of fused-ring (bicyclic) bond motifs is 4. The van der Waals surface area contributed by atoms with Gasteiger partial charge in [0.2, 0.25) is 0 Å². The average molecular weight is 690 g/mol. The topological polar surface area (TPSA) is 16.4 Å². The molecule has 0 fully saturated rings. The van der Waals surface area contributed by atoms with Gasteiger partial charge in [-0.1, -0.05) is 182 Å². The second-order valence-electron chi connectivity index (χ2n) is 13.7. The first kappa shape index (κ1) is 31.6. The van der Waals surface area contributed by atoms with Crippen LogP contribution in [0, 0.1) is 0 Å². The lowest BCUT2D eigenvalue weighted by atomic mass is 9.95. The van der Waals surface area contributed by atoms with E-state index in [0.717, 1.165) is 55.7 Å². The van der Waals surface area contributed by atoms with Crippen LogP contribution in [0.2, 0.25) is 0 Å². The standard InChI is InChI=1S/C52H35NO/c1-2-14-36(15-3-1)37-28-30-38(31-29-37)39-32-34-41(35-33-39)53(49-25-9-6-19-44(49)43-22-12-17-40-16-4-5-18-42(40)43)50-26-10-7-20-45(50)47-23-13-24-48-46-21-8-11-27-51(46)54-52(47)48/h1-35H. The lowest BCUT2D eigenvalue weighted by Crippen LogP contribution is -2.12. The molecule has 54 heavy (non-hydrogen) atoms. The summed E-state index contributed by atoms with van der Waals surface area (Å²) >= 11 is 0. The molecule has 1 heterocycles. The molecule has 0 saturated carbocycles. The molecule has 10 rings (SSSR count). The number of para-hydroxylation sites is 4. The quantitative estimate of drug-likeness (QED) is 0.166. The van der Waals surface area contributed by atoms with Crippen LogP contribution in [-0.4, -0.2) is 0 Å². The van der Waals surface area contributed by atoms with Crippen LogP contribution in [0.25, 0.3) is 77.2 Å². The fourth-order valence-electron chi connectivity index (χ4n) is 7.91. The summed E-state index contributed by atoms with van der Waals surface area (Å²) < 4.78 is 6.61. The van der Waals surface area contributed by atoms with Gasteiger partial charge in [-0.25, -0.2) is 0 Å². The number of anilines is 3. The molecule has 0 N–H and O–H groups in total. The zero-order valence-electron chi connectivity index (χ0n) is 29.6. The molecule has 0 saturated heterocycles. The molecule has 0 bridgehead atoms. The lowest BCUT2D eigenvalue weighted by molar-refractivity contribution is 0.670. The van der Waals surface area contributed by atoms with Gasteiger partial charge in [0.05, 0.1) is 11.4 Å². The molecular formula is C52H35NO. The molecule has 10 aromatic rings. The van der Waals surface area contributed by atoms with Crippen LogP contribution in [0.4, 0.5) is 17.1 Å². The molecule has 0 aliphatic heterocycles. The van der Waals surface area contributed by atoms with E-state index in [1.165, 1.54) is 38.6 Å². The molecule has 0 aliphatic carbocycles. The van der Waals surface area contributed by atoms with Crippen molar-refractivity contribution in [2.75, 3.05) is 4.90 Å². The molecule has 2 nitrogen and oxygen atoms in total. The van der Waals surface area contributed by atoms with Gasteiger partial charge in [0.25, 0.3) is 0 Å². The van der Waals surface area contributed by atoms with Crippen molar-refractivity contribution in [2.24, 2.45) is 0 Å². The molecule has 254 valence electrons. The Balaban J connectivity index is 1.16.